The monoisotopic (exact) mass is 394 g/mol. The van der Waals surface area contributed by atoms with E-state index in [0.717, 1.165) is 11.1 Å². The molecule has 0 atom stereocenters. The number of carbonyl (C=O) groups excluding carboxylic acids is 2. The minimum absolute atomic E-state index is 0.0288. The SMILES string of the molecule is COc1ccc2c(COC(=O)CCC(=O)c3ccc(C)c(C)c3)cc(=O)oc2c1. The van der Waals surface area contributed by atoms with Gasteiger partial charge >= 0.3 is 11.6 Å². The summed E-state index contributed by atoms with van der Waals surface area (Å²) in [5.41, 5.74) is 3.08. The molecule has 0 spiro atoms. The third-order valence-electron chi connectivity index (χ3n) is 4.81. The summed E-state index contributed by atoms with van der Waals surface area (Å²) >= 11 is 0. The van der Waals surface area contributed by atoms with Crippen LogP contribution in [0.3, 0.4) is 0 Å². The van der Waals surface area contributed by atoms with E-state index in [-0.39, 0.29) is 25.2 Å². The van der Waals surface area contributed by atoms with E-state index >= 15 is 0 Å². The molecule has 2 aromatic carbocycles. The van der Waals surface area contributed by atoms with Crippen molar-refractivity contribution < 1.29 is 23.5 Å². The van der Waals surface area contributed by atoms with Crippen molar-refractivity contribution in [2.24, 2.45) is 0 Å². The first-order chi connectivity index (χ1) is 13.9. The molecule has 0 saturated carbocycles. The summed E-state index contributed by atoms with van der Waals surface area (Å²) in [6.07, 6.45) is 0.0369. The fraction of sp³-hybridized carbons (Fsp3) is 0.261. The molecule has 0 saturated heterocycles. The van der Waals surface area contributed by atoms with Crippen LogP contribution >= 0.6 is 0 Å². The van der Waals surface area contributed by atoms with Crippen molar-refractivity contribution in [3.8, 4) is 5.75 Å². The maximum absolute atomic E-state index is 12.3. The average molecular weight is 394 g/mol. The van der Waals surface area contributed by atoms with Crippen LogP contribution in [0.1, 0.15) is 39.9 Å². The van der Waals surface area contributed by atoms with Gasteiger partial charge in [-0.15, -0.1) is 0 Å². The molecule has 0 amide bonds. The van der Waals surface area contributed by atoms with Crippen molar-refractivity contribution in [3.63, 3.8) is 0 Å². The number of rotatable bonds is 7. The van der Waals surface area contributed by atoms with Gasteiger partial charge in [-0.05, 0) is 43.2 Å². The van der Waals surface area contributed by atoms with Crippen LogP contribution in [-0.4, -0.2) is 18.9 Å². The first-order valence-electron chi connectivity index (χ1n) is 9.24. The van der Waals surface area contributed by atoms with E-state index < -0.39 is 11.6 Å². The normalized spacial score (nSPS) is 10.7. The molecule has 1 heterocycles. The van der Waals surface area contributed by atoms with Gasteiger partial charge < -0.3 is 13.9 Å². The molecule has 29 heavy (non-hydrogen) atoms. The molecular formula is C23H22O6. The van der Waals surface area contributed by atoms with E-state index in [2.05, 4.69) is 0 Å². The zero-order chi connectivity index (χ0) is 21.0. The molecule has 150 valence electrons. The Balaban J connectivity index is 1.62. The van der Waals surface area contributed by atoms with E-state index in [0.29, 0.717) is 27.8 Å². The van der Waals surface area contributed by atoms with Crippen LogP contribution in [0.4, 0.5) is 0 Å². The highest BCUT2D eigenvalue weighted by Crippen LogP contribution is 2.23. The molecule has 0 aliphatic rings. The van der Waals surface area contributed by atoms with Crippen molar-refractivity contribution in [1.82, 2.24) is 0 Å². The number of methoxy groups -OCH3 is 1. The molecule has 6 heteroatoms. The molecule has 0 radical (unpaired) electrons. The quantitative estimate of drug-likeness (QED) is 0.340. The Morgan fingerprint density at radius 3 is 2.48 bits per heavy atom. The van der Waals surface area contributed by atoms with Gasteiger partial charge in [-0.2, -0.15) is 0 Å². The van der Waals surface area contributed by atoms with Crippen molar-refractivity contribution >= 4 is 22.7 Å². The van der Waals surface area contributed by atoms with Crippen molar-refractivity contribution in [2.75, 3.05) is 7.11 Å². The highest BCUT2D eigenvalue weighted by Gasteiger charge is 2.13. The van der Waals surface area contributed by atoms with Crippen LogP contribution in [0, 0.1) is 13.8 Å². The predicted octanol–water partition coefficient (Wildman–Crippen LogP) is 4.12. The van der Waals surface area contributed by atoms with Gasteiger partial charge in [0.05, 0.1) is 13.5 Å². The number of Topliss-reactive ketones (excluding diaryl/α,β-unsaturated/α-hetero) is 1. The third-order valence-corrected chi connectivity index (χ3v) is 4.81. The Labute approximate surface area is 168 Å². The summed E-state index contributed by atoms with van der Waals surface area (Å²) in [5.74, 6) is -0.0558. The van der Waals surface area contributed by atoms with Crippen molar-refractivity contribution in [3.05, 3.63) is 75.1 Å². The highest BCUT2D eigenvalue weighted by molar-refractivity contribution is 5.97. The lowest BCUT2D eigenvalue weighted by atomic mass is 10.0. The lowest BCUT2D eigenvalue weighted by molar-refractivity contribution is -0.144. The van der Waals surface area contributed by atoms with Crippen LogP contribution in [-0.2, 0) is 16.1 Å². The predicted molar refractivity (Wildman–Crippen MR) is 108 cm³/mol. The Bertz CT molecular complexity index is 1130. The fourth-order valence-electron chi connectivity index (χ4n) is 2.96. The van der Waals surface area contributed by atoms with E-state index in [1.165, 1.54) is 13.2 Å². The zero-order valence-corrected chi connectivity index (χ0v) is 16.6. The van der Waals surface area contributed by atoms with Gasteiger partial charge in [0.2, 0.25) is 0 Å². The standard InChI is InChI=1S/C23H22O6/c1-14-4-5-16(10-15(14)2)20(24)8-9-22(25)28-13-17-11-23(26)29-21-12-18(27-3)6-7-19(17)21/h4-7,10-12H,8-9,13H2,1-3H3. The Morgan fingerprint density at radius 1 is 0.966 bits per heavy atom. The first kappa shape index (κ1) is 20.3. The van der Waals surface area contributed by atoms with Crippen molar-refractivity contribution in [1.29, 1.82) is 0 Å². The smallest absolute Gasteiger partial charge is 0.336 e. The summed E-state index contributed by atoms with van der Waals surface area (Å²) < 4.78 is 15.6. The number of benzene rings is 2. The second-order valence-electron chi connectivity index (χ2n) is 6.84. The van der Waals surface area contributed by atoms with Gasteiger partial charge in [0.1, 0.15) is 17.9 Å². The molecule has 1 aromatic heterocycles. The number of carbonyl (C=O) groups is 2. The number of hydrogen-bond donors (Lipinski definition) is 0. The lowest BCUT2D eigenvalue weighted by Gasteiger charge is -2.08. The minimum Gasteiger partial charge on any atom is -0.497 e. The molecule has 0 bridgehead atoms. The maximum atomic E-state index is 12.3. The second kappa shape index (κ2) is 8.73. The first-order valence-corrected chi connectivity index (χ1v) is 9.24. The van der Waals surface area contributed by atoms with Gasteiger partial charge in [0.25, 0.3) is 0 Å². The lowest BCUT2D eigenvalue weighted by Crippen LogP contribution is -2.10. The van der Waals surface area contributed by atoms with E-state index in [1.54, 1.807) is 24.3 Å². The van der Waals surface area contributed by atoms with Gasteiger partial charge in [-0.3, -0.25) is 9.59 Å². The van der Waals surface area contributed by atoms with Crippen LogP contribution < -0.4 is 10.4 Å². The number of ether oxygens (including phenoxy) is 2. The Hall–Kier alpha value is -3.41. The molecule has 3 aromatic rings. The molecule has 0 unspecified atom stereocenters. The van der Waals surface area contributed by atoms with Crippen LogP contribution in [0.5, 0.6) is 5.75 Å². The van der Waals surface area contributed by atoms with Crippen LogP contribution in [0.15, 0.2) is 51.7 Å². The van der Waals surface area contributed by atoms with E-state index in [4.69, 9.17) is 13.9 Å². The van der Waals surface area contributed by atoms with Gasteiger partial charge in [0.15, 0.2) is 5.78 Å². The Morgan fingerprint density at radius 2 is 1.76 bits per heavy atom. The van der Waals surface area contributed by atoms with Gasteiger partial charge in [-0.25, -0.2) is 4.79 Å². The minimum atomic E-state index is -0.540. The molecule has 6 nitrogen and oxygen atoms in total. The van der Waals surface area contributed by atoms with Gasteiger partial charge in [0, 0.05) is 35.1 Å². The Kier molecular flexibility index (Phi) is 6.12. The average Bonchev–Trinajstić information content (AvgIpc) is 2.71. The van der Waals surface area contributed by atoms with Crippen molar-refractivity contribution in [2.45, 2.75) is 33.3 Å². The van der Waals surface area contributed by atoms with Crippen LogP contribution in [0.2, 0.25) is 0 Å². The van der Waals surface area contributed by atoms with Crippen LogP contribution in [0.25, 0.3) is 11.0 Å². The number of esters is 1. The highest BCUT2D eigenvalue weighted by atomic mass is 16.5. The number of hydrogen-bond acceptors (Lipinski definition) is 6. The summed E-state index contributed by atoms with van der Waals surface area (Å²) in [6, 6.07) is 11.8. The largest absolute Gasteiger partial charge is 0.497 e. The molecule has 0 N–H and O–H groups in total. The molecule has 0 aliphatic carbocycles. The zero-order valence-electron chi connectivity index (χ0n) is 16.6. The number of ketones is 1. The summed E-state index contributed by atoms with van der Waals surface area (Å²) in [4.78, 5) is 36.2. The second-order valence-corrected chi connectivity index (χ2v) is 6.84. The topological polar surface area (TPSA) is 82.8 Å². The fourth-order valence-corrected chi connectivity index (χ4v) is 2.96. The van der Waals surface area contributed by atoms with E-state index in [9.17, 15) is 14.4 Å². The molecular weight excluding hydrogens is 372 g/mol. The summed E-state index contributed by atoms with van der Waals surface area (Å²) in [7, 11) is 1.52. The molecule has 3 rings (SSSR count). The number of fused-ring (bicyclic) bond motifs is 1. The summed E-state index contributed by atoms with van der Waals surface area (Å²) in [5, 5.41) is 0.657. The van der Waals surface area contributed by atoms with Gasteiger partial charge in [-0.1, -0.05) is 12.1 Å². The molecule has 0 aliphatic heterocycles. The third kappa shape index (κ3) is 4.90. The van der Waals surface area contributed by atoms with E-state index in [1.807, 2.05) is 26.0 Å². The molecule has 0 fully saturated rings. The number of aryl methyl sites for hydroxylation is 2. The maximum Gasteiger partial charge on any atom is 0.336 e. The summed E-state index contributed by atoms with van der Waals surface area (Å²) in [6.45, 7) is 3.84.